The highest BCUT2D eigenvalue weighted by molar-refractivity contribution is 5.74. The summed E-state index contributed by atoms with van der Waals surface area (Å²) in [7, 11) is 0. The van der Waals surface area contributed by atoms with Gasteiger partial charge in [0.15, 0.2) is 0 Å². The zero-order chi connectivity index (χ0) is 11.7. The van der Waals surface area contributed by atoms with Crippen LogP contribution in [-0.2, 0) is 4.79 Å². The number of carbonyl (C=O) groups excluding carboxylic acids is 1. The Morgan fingerprint density at radius 2 is 2.13 bits per heavy atom. The maximum atomic E-state index is 11.1. The average Bonchev–Trinajstić information content (AvgIpc) is 2.14. The topological polar surface area (TPSA) is 104 Å². The van der Waals surface area contributed by atoms with Crippen LogP contribution in [0.1, 0.15) is 26.2 Å². The Morgan fingerprint density at radius 1 is 1.47 bits per heavy atom. The molecule has 0 rings (SSSR count). The van der Waals surface area contributed by atoms with Gasteiger partial charge in [0.05, 0.1) is 0 Å². The molecule has 0 spiro atoms. The zero-order valence-electron chi connectivity index (χ0n) is 8.95. The molecule has 0 aliphatic rings. The first-order chi connectivity index (χ1) is 7.06. The number of carbonyl (C=O) groups is 2. The molecule has 2 amide bonds. The van der Waals surface area contributed by atoms with Gasteiger partial charge >= 0.3 is 12.0 Å². The maximum absolute atomic E-state index is 11.1. The van der Waals surface area contributed by atoms with Gasteiger partial charge in [-0.25, -0.2) is 4.79 Å². The minimum absolute atomic E-state index is 0.0258. The lowest BCUT2D eigenvalue weighted by Crippen LogP contribution is -2.42. The van der Waals surface area contributed by atoms with Crippen molar-refractivity contribution in [2.75, 3.05) is 13.1 Å². The van der Waals surface area contributed by atoms with Gasteiger partial charge in [-0.2, -0.15) is 0 Å². The van der Waals surface area contributed by atoms with Gasteiger partial charge in [0.1, 0.15) is 0 Å². The summed E-state index contributed by atoms with van der Waals surface area (Å²) in [4.78, 5) is 21.3. The summed E-state index contributed by atoms with van der Waals surface area (Å²) in [6, 6.07) is -0.287. The monoisotopic (exact) mass is 217 g/mol. The molecule has 88 valence electrons. The lowest BCUT2D eigenvalue weighted by Gasteiger charge is -2.13. The van der Waals surface area contributed by atoms with Gasteiger partial charge in [0, 0.05) is 25.6 Å². The number of amides is 2. The van der Waals surface area contributed by atoms with Crippen LogP contribution in [0.3, 0.4) is 0 Å². The standard InChI is InChI=1S/C9H19N3O3/c1-7(3-2-4-8(13)14)12-9(15)11-6-5-10/h7H,2-6,10H2,1H3,(H,13,14)(H2,11,12,15). The fourth-order valence-corrected chi connectivity index (χ4v) is 1.09. The number of carboxylic acid groups (broad SMARTS) is 1. The normalized spacial score (nSPS) is 11.9. The number of urea groups is 1. The molecule has 5 N–H and O–H groups in total. The van der Waals surface area contributed by atoms with Crippen molar-refractivity contribution in [2.24, 2.45) is 5.73 Å². The van der Waals surface area contributed by atoms with Gasteiger partial charge in [-0.05, 0) is 19.8 Å². The summed E-state index contributed by atoms with van der Waals surface area (Å²) in [5.74, 6) is -0.810. The predicted molar refractivity (Wildman–Crippen MR) is 56.5 cm³/mol. The van der Waals surface area contributed by atoms with Gasteiger partial charge in [-0.15, -0.1) is 0 Å². The molecule has 0 aliphatic heterocycles. The molecule has 6 heteroatoms. The molecule has 0 aliphatic carbocycles. The zero-order valence-corrected chi connectivity index (χ0v) is 8.95. The minimum Gasteiger partial charge on any atom is -0.481 e. The summed E-state index contributed by atoms with van der Waals surface area (Å²) in [6.45, 7) is 2.68. The van der Waals surface area contributed by atoms with E-state index in [-0.39, 0.29) is 18.5 Å². The molecule has 0 saturated heterocycles. The van der Waals surface area contributed by atoms with Crippen molar-refractivity contribution >= 4 is 12.0 Å². The highest BCUT2D eigenvalue weighted by Crippen LogP contribution is 1.99. The van der Waals surface area contributed by atoms with Crippen LogP contribution in [0.15, 0.2) is 0 Å². The predicted octanol–water partition coefficient (Wildman–Crippen LogP) is -0.112. The molecule has 1 atom stereocenters. The van der Waals surface area contributed by atoms with E-state index in [9.17, 15) is 9.59 Å². The number of aliphatic carboxylic acids is 1. The van der Waals surface area contributed by atoms with E-state index in [0.29, 0.717) is 25.9 Å². The lowest BCUT2D eigenvalue weighted by atomic mass is 10.1. The van der Waals surface area contributed by atoms with Crippen LogP contribution in [0.4, 0.5) is 4.79 Å². The van der Waals surface area contributed by atoms with Crippen molar-refractivity contribution in [3.05, 3.63) is 0 Å². The molecule has 0 heterocycles. The summed E-state index contributed by atoms with van der Waals surface area (Å²) in [5.41, 5.74) is 5.21. The summed E-state index contributed by atoms with van der Waals surface area (Å²) in [6.07, 6.45) is 1.35. The molecule has 0 radical (unpaired) electrons. The lowest BCUT2D eigenvalue weighted by molar-refractivity contribution is -0.137. The molecular weight excluding hydrogens is 198 g/mol. The number of nitrogens with two attached hydrogens (primary N) is 1. The van der Waals surface area contributed by atoms with Crippen LogP contribution >= 0.6 is 0 Å². The molecule has 1 unspecified atom stereocenters. The van der Waals surface area contributed by atoms with Crippen LogP contribution < -0.4 is 16.4 Å². The molecular formula is C9H19N3O3. The van der Waals surface area contributed by atoms with E-state index >= 15 is 0 Å². The number of rotatable bonds is 7. The Bertz CT molecular complexity index is 209. The third-order valence-corrected chi connectivity index (χ3v) is 1.84. The van der Waals surface area contributed by atoms with E-state index < -0.39 is 5.97 Å². The highest BCUT2D eigenvalue weighted by Gasteiger charge is 2.06. The Kier molecular flexibility index (Phi) is 7.35. The summed E-state index contributed by atoms with van der Waals surface area (Å²) in [5, 5.41) is 13.7. The van der Waals surface area contributed by atoms with Crippen molar-refractivity contribution in [2.45, 2.75) is 32.2 Å². The van der Waals surface area contributed by atoms with Gasteiger partial charge in [0.2, 0.25) is 0 Å². The molecule has 6 nitrogen and oxygen atoms in total. The number of hydrogen-bond donors (Lipinski definition) is 4. The Balaban J connectivity index is 3.50. The summed E-state index contributed by atoms with van der Waals surface area (Å²) >= 11 is 0. The third kappa shape index (κ3) is 9.01. The van der Waals surface area contributed by atoms with Crippen LogP contribution in [-0.4, -0.2) is 36.2 Å². The van der Waals surface area contributed by atoms with Crippen molar-refractivity contribution < 1.29 is 14.7 Å². The average molecular weight is 217 g/mol. The van der Waals surface area contributed by atoms with Crippen molar-refractivity contribution in [3.8, 4) is 0 Å². The van der Waals surface area contributed by atoms with Crippen LogP contribution in [0.25, 0.3) is 0 Å². The number of nitrogens with one attached hydrogen (secondary N) is 2. The van der Waals surface area contributed by atoms with Crippen molar-refractivity contribution in [1.29, 1.82) is 0 Å². The smallest absolute Gasteiger partial charge is 0.315 e. The van der Waals surface area contributed by atoms with E-state index in [0.717, 1.165) is 0 Å². The van der Waals surface area contributed by atoms with E-state index in [1.807, 2.05) is 6.92 Å². The van der Waals surface area contributed by atoms with Crippen LogP contribution in [0.5, 0.6) is 0 Å². The number of hydrogen-bond acceptors (Lipinski definition) is 3. The number of carboxylic acids is 1. The van der Waals surface area contributed by atoms with Crippen LogP contribution in [0, 0.1) is 0 Å². The van der Waals surface area contributed by atoms with Crippen molar-refractivity contribution in [1.82, 2.24) is 10.6 Å². The minimum atomic E-state index is -0.810. The molecule has 15 heavy (non-hydrogen) atoms. The molecule has 0 aromatic rings. The highest BCUT2D eigenvalue weighted by atomic mass is 16.4. The van der Waals surface area contributed by atoms with Gasteiger partial charge < -0.3 is 21.5 Å². The first-order valence-corrected chi connectivity index (χ1v) is 5.02. The Hall–Kier alpha value is -1.30. The second kappa shape index (κ2) is 8.05. The van der Waals surface area contributed by atoms with Gasteiger partial charge in [-0.3, -0.25) is 4.79 Å². The summed E-state index contributed by atoms with van der Waals surface area (Å²) < 4.78 is 0. The fraction of sp³-hybridized carbons (Fsp3) is 0.778. The molecule has 0 aromatic carbocycles. The van der Waals surface area contributed by atoms with Gasteiger partial charge in [0.25, 0.3) is 0 Å². The third-order valence-electron chi connectivity index (χ3n) is 1.84. The Labute approximate surface area is 89.2 Å². The molecule has 0 aromatic heterocycles. The molecule has 0 fully saturated rings. The van der Waals surface area contributed by atoms with E-state index in [2.05, 4.69) is 10.6 Å². The van der Waals surface area contributed by atoms with E-state index in [4.69, 9.17) is 10.8 Å². The van der Waals surface area contributed by atoms with E-state index in [1.54, 1.807) is 0 Å². The largest absolute Gasteiger partial charge is 0.481 e. The van der Waals surface area contributed by atoms with Gasteiger partial charge in [-0.1, -0.05) is 0 Å². The second-order valence-electron chi connectivity index (χ2n) is 3.38. The van der Waals surface area contributed by atoms with E-state index in [1.165, 1.54) is 0 Å². The quantitative estimate of drug-likeness (QED) is 0.477. The van der Waals surface area contributed by atoms with Crippen LogP contribution in [0.2, 0.25) is 0 Å². The fourth-order valence-electron chi connectivity index (χ4n) is 1.09. The molecule has 0 bridgehead atoms. The maximum Gasteiger partial charge on any atom is 0.315 e. The Morgan fingerprint density at radius 3 is 2.67 bits per heavy atom. The SMILES string of the molecule is CC(CCCC(=O)O)NC(=O)NCCN. The molecule has 0 saturated carbocycles. The first-order valence-electron chi connectivity index (χ1n) is 5.02. The first kappa shape index (κ1) is 13.7. The second-order valence-corrected chi connectivity index (χ2v) is 3.38. The van der Waals surface area contributed by atoms with Crippen molar-refractivity contribution in [3.63, 3.8) is 0 Å².